The first-order chi connectivity index (χ1) is 6.73. The molecule has 0 unspecified atom stereocenters. The van der Waals surface area contributed by atoms with Crippen molar-refractivity contribution in [2.75, 3.05) is 0 Å². The third kappa shape index (κ3) is 1.34. The minimum Gasteiger partial charge on any atom is -0.406 e. The van der Waals surface area contributed by atoms with Crippen molar-refractivity contribution in [1.29, 1.82) is 0 Å². The van der Waals surface area contributed by atoms with Crippen molar-refractivity contribution in [2.24, 2.45) is 5.41 Å². The predicted molar refractivity (Wildman–Crippen MR) is 49.9 cm³/mol. The molecular weight excluding hydrogens is 220 g/mol. The van der Waals surface area contributed by atoms with Crippen LogP contribution in [0.4, 0.5) is 0 Å². The SMILES string of the molecule is CC(C)(C)C(=O)Oc1cc2nn1S2(=O)=O. The highest BCUT2D eigenvalue weighted by Crippen LogP contribution is 2.32. The molecule has 0 fully saturated rings. The smallest absolute Gasteiger partial charge is 0.317 e. The standard InChI is InChI=1S/C8H10N2O4S/c1-8(2,3)7(11)14-6-4-5-9-10(6)15(5,12)13/h4H,1-3H3. The Kier molecular flexibility index (Phi) is 1.76. The predicted octanol–water partition coefficient (Wildman–Crippen LogP) is 0.385. The van der Waals surface area contributed by atoms with Crippen molar-refractivity contribution >= 4 is 16.0 Å². The Morgan fingerprint density at radius 2 is 2.07 bits per heavy atom. The maximum atomic E-state index is 11.5. The van der Waals surface area contributed by atoms with Gasteiger partial charge < -0.3 is 4.74 Å². The van der Waals surface area contributed by atoms with Gasteiger partial charge in [-0.1, -0.05) is 0 Å². The molecule has 3 rings (SSSR count). The third-order valence-corrected chi connectivity index (χ3v) is 3.37. The van der Waals surface area contributed by atoms with Crippen molar-refractivity contribution < 1.29 is 17.9 Å². The van der Waals surface area contributed by atoms with Gasteiger partial charge in [0, 0.05) is 6.07 Å². The zero-order valence-electron chi connectivity index (χ0n) is 8.51. The molecule has 0 aliphatic carbocycles. The first kappa shape index (κ1) is 10.2. The first-order valence-corrected chi connectivity index (χ1v) is 5.75. The van der Waals surface area contributed by atoms with Crippen molar-refractivity contribution in [3.05, 3.63) is 6.07 Å². The van der Waals surface area contributed by atoms with Crippen LogP contribution in [0.5, 0.6) is 5.88 Å². The van der Waals surface area contributed by atoms with Crippen LogP contribution in [-0.2, 0) is 14.8 Å². The minimum atomic E-state index is -3.45. The van der Waals surface area contributed by atoms with Crippen LogP contribution in [0.15, 0.2) is 11.1 Å². The molecule has 82 valence electrons. The lowest BCUT2D eigenvalue weighted by Gasteiger charge is -2.16. The second kappa shape index (κ2) is 2.60. The van der Waals surface area contributed by atoms with E-state index >= 15 is 0 Å². The van der Waals surface area contributed by atoms with Gasteiger partial charge in [-0.15, -0.1) is 9.19 Å². The molecule has 2 bridgehead atoms. The topological polar surface area (TPSA) is 78.3 Å². The zero-order valence-corrected chi connectivity index (χ0v) is 9.33. The van der Waals surface area contributed by atoms with Crippen molar-refractivity contribution in [1.82, 2.24) is 9.19 Å². The first-order valence-electron chi connectivity index (χ1n) is 4.31. The van der Waals surface area contributed by atoms with E-state index in [4.69, 9.17) is 4.74 Å². The van der Waals surface area contributed by atoms with Crippen LogP contribution < -0.4 is 4.74 Å². The Hall–Kier alpha value is -1.37. The molecule has 0 spiro atoms. The molecule has 3 heterocycles. The summed E-state index contributed by atoms with van der Waals surface area (Å²) in [5.74, 6) is -0.530. The van der Waals surface area contributed by atoms with Crippen LogP contribution in [0.1, 0.15) is 20.8 Å². The minimum absolute atomic E-state index is 0.0371. The maximum Gasteiger partial charge on any atom is 0.317 e. The van der Waals surface area contributed by atoms with E-state index in [1.165, 1.54) is 6.07 Å². The molecule has 1 aromatic rings. The molecule has 2 aliphatic heterocycles. The largest absolute Gasteiger partial charge is 0.406 e. The summed E-state index contributed by atoms with van der Waals surface area (Å²) in [6, 6.07) is 1.24. The number of hydrogen-bond donors (Lipinski definition) is 0. The number of esters is 1. The Bertz CT molecular complexity index is 535. The fourth-order valence-corrected chi connectivity index (χ4v) is 2.02. The van der Waals surface area contributed by atoms with Crippen LogP contribution in [0.2, 0.25) is 0 Å². The molecule has 6 nitrogen and oxygen atoms in total. The Balaban J connectivity index is 2.24. The van der Waals surface area contributed by atoms with E-state index in [1.54, 1.807) is 20.8 Å². The second-order valence-corrected chi connectivity index (χ2v) is 6.02. The number of rotatable bonds is 1. The molecule has 0 N–H and O–H groups in total. The average Bonchev–Trinajstić information content (AvgIpc) is 2.57. The molecule has 0 saturated carbocycles. The Morgan fingerprint density at radius 3 is 2.40 bits per heavy atom. The lowest BCUT2D eigenvalue weighted by Crippen LogP contribution is -2.28. The van der Waals surface area contributed by atoms with Gasteiger partial charge in [-0.2, -0.15) is 8.42 Å². The van der Waals surface area contributed by atoms with Crippen LogP contribution in [0, 0.1) is 5.41 Å². The van der Waals surface area contributed by atoms with E-state index in [2.05, 4.69) is 5.10 Å². The number of carbonyl (C=O) groups excluding carboxylic acids is 1. The molecule has 0 radical (unpaired) electrons. The summed E-state index contributed by atoms with van der Waals surface area (Å²) < 4.78 is 28.0. The van der Waals surface area contributed by atoms with Gasteiger partial charge in [0.1, 0.15) is 0 Å². The zero-order chi connectivity index (χ0) is 11.4. The lowest BCUT2D eigenvalue weighted by atomic mass is 9.97. The lowest BCUT2D eigenvalue weighted by molar-refractivity contribution is -0.143. The highest BCUT2D eigenvalue weighted by molar-refractivity contribution is 7.90. The molecule has 0 aromatic carbocycles. The second-order valence-electron chi connectivity index (χ2n) is 4.31. The molecule has 2 aliphatic rings. The monoisotopic (exact) mass is 230 g/mol. The van der Waals surface area contributed by atoms with Gasteiger partial charge in [0.2, 0.25) is 10.9 Å². The fourth-order valence-electron chi connectivity index (χ4n) is 0.999. The van der Waals surface area contributed by atoms with E-state index in [9.17, 15) is 13.2 Å². The number of fused-ring (bicyclic) bond motifs is 1. The molecule has 0 atom stereocenters. The van der Waals surface area contributed by atoms with Crippen molar-refractivity contribution in [2.45, 2.75) is 25.8 Å². The average molecular weight is 230 g/mol. The number of aromatic nitrogens is 2. The summed E-state index contributed by atoms with van der Waals surface area (Å²) in [5, 5.41) is 3.54. The molecule has 0 saturated heterocycles. The molecular formula is C8H10N2O4S. The summed E-state index contributed by atoms with van der Waals surface area (Å²) in [6.07, 6.45) is 0. The van der Waals surface area contributed by atoms with Crippen molar-refractivity contribution in [3.8, 4) is 5.88 Å². The molecule has 1 aromatic heterocycles. The van der Waals surface area contributed by atoms with E-state index in [1.807, 2.05) is 0 Å². The highest BCUT2D eigenvalue weighted by atomic mass is 32.2. The van der Waals surface area contributed by atoms with E-state index in [0.29, 0.717) is 4.09 Å². The molecule has 15 heavy (non-hydrogen) atoms. The Labute approximate surface area is 86.9 Å². The van der Waals surface area contributed by atoms with Crippen molar-refractivity contribution in [3.63, 3.8) is 0 Å². The van der Waals surface area contributed by atoms with Crippen LogP contribution in [-0.4, -0.2) is 23.6 Å². The van der Waals surface area contributed by atoms with Gasteiger partial charge in [-0.25, -0.2) is 0 Å². The van der Waals surface area contributed by atoms with Gasteiger partial charge in [0.05, 0.1) is 5.41 Å². The highest BCUT2D eigenvalue weighted by Gasteiger charge is 2.39. The number of hydrogen-bond acceptors (Lipinski definition) is 5. The van der Waals surface area contributed by atoms with E-state index < -0.39 is 21.4 Å². The van der Waals surface area contributed by atoms with E-state index in [0.717, 1.165) is 0 Å². The number of carbonyl (C=O) groups is 1. The fraction of sp³-hybridized carbons (Fsp3) is 0.500. The number of ether oxygens (including phenoxy) is 1. The molecule has 0 amide bonds. The quantitative estimate of drug-likeness (QED) is 0.662. The molecule has 7 heteroatoms. The van der Waals surface area contributed by atoms with Crippen LogP contribution >= 0.6 is 0 Å². The summed E-state index contributed by atoms with van der Waals surface area (Å²) in [7, 11) is -3.45. The van der Waals surface area contributed by atoms with Gasteiger partial charge in [-0.05, 0) is 20.8 Å². The third-order valence-electron chi connectivity index (χ3n) is 1.93. The van der Waals surface area contributed by atoms with E-state index in [-0.39, 0.29) is 10.9 Å². The summed E-state index contributed by atoms with van der Waals surface area (Å²) in [6.45, 7) is 5.05. The van der Waals surface area contributed by atoms with Crippen LogP contribution in [0.25, 0.3) is 0 Å². The van der Waals surface area contributed by atoms with Gasteiger partial charge in [0.15, 0.2) is 0 Å². The number of nitrogens with zero attached hydrogens (tertiary/aromatic N) is 2. The Morgan fingerprint density at radius 1 is 1.47 bits per heavy atom. The summed E-state index contributed by atoms with van der Waals surface area (Å²) in [4.78, 5) is 11.5. The normalized spacial score (nSPS) is 17.0. The summed E-state index contributed by atoms with van der Waals surface area (Å²) >= 11 is 0. The van der Waals surface area contributed by atoms with Gasteiger partial charge >= 0.3 is 16.0 Å². The maximum absolute atomic E-state index is 11.5. The summed E-state index contributed by atoms with van der Waals surface area (Å²) in [5.41, 5.74) is -0.677. The van der Waals surface area contributed by atoms with Gasteiger partial charge in [-0.3, -0.25) is 4.79 Å². The van der Waals surface area contributed by atoms with Gasteiger partial charge in [0.25, 0.3) is 0 Å². The van der Waals surface area contributed by atoms with Crippen LogP contribution in [0.3, 0.4) is 0 Å².